The predicted octanol–water partition coefficient (Wildman–Crippen LogP) is 4.70. The van der Waals surface area contributed by atoms with E-state index < -0.39 is 0 Å². The van der Waals surface area contributed by atoms with Crippen LogP contribution in [-0.2, 0) is 9.59 Å². The van der Waals surface area contributed by atoms with Crippen LogP contribution >= 0.6 is 27.5 Å². The van der Waals surface area contributed by atoms with Gasteiger partial charge in [-0.2, -0.15) is 0 Å². The highest BCUT2D eigenvalue weighted by molar-refractivity contribution is 9.10. The number of carbonyl (C=O) groups excluding carboxylic acids is 2. The number of halogens is 2. The molecule has 6 heteroatoms. The summed E-state index contributed by atoms with van der Waals surface area (Å²) in [6, 6.07) is 14.4. The van der Waals surface area contributed by atoms with Gasteiger partial charge in [-0.15, -0.1) is 0 Å². The van der Waals surface area contributed by atoms with Crippen molar-refractivity contribution in [3.8, 4) is 0 Å². The van der Waals surface area contributed by atoms with Gasteiger partial charge in [0.2, 0.25) is 0 Å². The third kappa shape index (κ3) is 3.62. The molecule has 0 aromatic heterocycles. The Morgan fingerprint density at radius 2 is 1.80 bits per heavy atom. The predicted molar refractivity (Wildman–Crippen MR) is 103 cm³/mol. The Bertz CT molecular complexity index is 862. The fourth-order valence-corrected chi connectivity index (χ4v) is 3.24. The fourth-order valence-electron chi connectivity index (χ4n) is 2.71. The van der Waals surface area contributed by atoms with Gasteiger partial charge in [0.1, 0.15) is 5.70 Å². The number of hydrogen-bond donors (Lipinski definition) is 1. The highest BCUT2D eigenvalue weighted by Crippen LogP contribution is 2.31. The van der Waals surface area contributed by atoms with Crippen molar-refractivity contribution < 1.29 is 9.59 Å². The van der Waals surface area contributed by atoms with Crippen molar-refractivity contribution in [2.24, 2.45) is 0 Å². The number of carbonyl (C=O) groups is 2. The summed E-state index contributed by atoms with van der Waals surface area (Å²) < 4.78 is 0.883. The Balaban J connectivity index is 2.07. The van der Waals surface area contributed by atoms with E-state index in [-0.39, 0.29) is 11.8 Å². The van der Waals surface area contributed by atoms with Crippen molar-refractivity contribution in [2.45, 2.75) is 13.3 Å². The second kappa shape index (κ2) is 7.42. The fraction of sp³-hybridized carbons (Fsp3) is 0.158. The molecule has 1 aliphatic heterocycles. The van der Waals surface area contributed by atoms with E-state index in [1.165, 1.54) is 4.90 Å². The average molecular weight is 420 g/mol. The monoisotopic (exact) mass is 418 g/mol. The molecule has 2 aromatic carbocycles. The molecule has 0 spiro atoms. The number of nitrogens with zero attached hydrogens (tertiary/aromatic N) is 1. The summed E-state index contributed by atoms with van der Waals surface area (Å²) in [4.78, 5) is 26.9. The van der Waals surface area contributed by atoms with Gasteiger partial charge in [-0.3, -0.25) is 14.5 Å². The van der Waals surface area contributed by atoms with Crippen LogP contribution in [0.2, 0.25) is 5.02 Å². The molecule has 1 aliphatic rings. The van der Waals surface area contributed by atoms with Crippen LogP contribution in [0.1, 0.15) is 18.9 Å². The Morgan fingerprint density at radius 1 is 1.08 bits per heavy atom. The molecule has 0 bridgehead atoms. The number of amides is 2. The Labute approximate surface area is 159 Å². The van der Waals surface area contributed by atoms with Crippen molar-refractivity contribution in [1.82, 2.24) is 4.90 Å². The van der Waals surface area contributed by atoms with Crippen molar-refractivity contribution in [3.05, 3.63) is 69.3 Å². The molecule has 2 amide bonds. The zero-order valence-electron chi connectivity index (χ0n) is 13.6. The summed E-state index contributed by atoms with van der Waals surface area (Å²) in [5.41, 5.74) is 2.06. The smallest absolute Gasteiger partial charge is 0.278 e. The number of rotatable bonds is 5. The normalized spacial score (nSPS) is 14.4. The van der Waals surface area contributed by atoms with Gasteiger partial charge in [0, 0.05) is 21.7 Å². The van der Waals surface area contributed by atoms with Crippen LogP contribution < -0.4 is 5.32 Å². The molecule has 3 rings (SSSR count). The lowest BCUT2D eigenvalue weighted by Crippen LogP contribution is -2.33. The van der Waals surface area contributed by atoms with E-state index in [4.69, 9.17) is 11.6 Å². The summed E-state index contributed by atoms with van der Waals surface area (Å²) in [6.45, 7) is 2.32. The Kier molecular flexibility index (Phi) is 5.25. The van der Waals surface area contributed by atoms with Gasteiger partial charge in [-0.1, -0.05) is 52.7 Å². The van der Waals surface area contributed by atoms with Gasteiger partial charge in [0.05, 0.1) is 5.57 Å². The molecular formula is C19H16BrClN2O2. The standard InChI is InChI=1S/C19H16BrClN2O2/c1-2-10-23-18(24)16(12-6-8-14(21)9-7-12)17(19(23)25)22-15-5-3-4-13(20)11-15/h3-9,11,22H,2,10H2,1H3. The van der Waals surface area contributed by atoms with E-state index in [0.717, 1.165) is 10.2 Å². The van der Waals surface area contributed by atoms with Gasteiger partial charge in [0.15, 0.2) is 0 Å². The second-order valence-corrected chi connectivity index (χ2v) is 7.01. The van der Waals surface area contributed by atoms with Crippen LogP contribution in [0.15, 0.2) is 58.7 Å². The molecule has 1 N–H and O–H groups in total. The lowest BCUT2D eigenvalue weighted by molar-refractivity contribution is -0.136. The van der Waals surface area contributed by atoms with Crippen LogP contribution in [0, 0.1) is 0 Å². The maximum Gasteiger partial charge on any atom is 0.278 e. The van der Waals surface area contributed by atoms with E-state index in [2.05, 4.69) is 21.2 Å². The van der Waals surface area contributed by atoms with E-state index in [0.29, 0.717) is 34.8 Å². The van der Waals surface area contributed by atoms with E-state index in [1.54, 1.807) is 24.3 Å². The first-order chi connectivity index (χ1) is 12.0. The molecule has 0 fully saturated rings. The van der Waals surface area contributed by atoms with Crippen molar-refractivity contribution >= 4 is 50.6 Å². The van der Waals surface area contributed by atoms with Crippen molar-refractivity contribution in [2.75, 3.05) is 11.9 Å². The minimum atomic E-state index is -0.309. The van der Waals surface area contributed by atoms with Crippen LogP contribution in [0.4, 0.5) is 5.69 Å². The van der Waals surface area contributed by atoms with Crippen LogP contribution in [0.3, 0.4) is 0 Å². The SMILES string of the molecule is CCCN1C(=O)C(Nc2cccc(Br)c2)=C(c2ccc(Cl)cc2)C1=O. The Morgan fingerprint density at radius 3 is 2.44 bits per heavy atom. The molecule has 4 nitrogen and oxygen atoms in total. The Hall–Kier alpha value is -2.11. The van der Waals surface area contributed by atoms with Gasteiger partial charge < -0.3 is 5.32 Å². The lowest BCUT2D eigenvalue weighted by Gasteiger charge is -2.13. The summed E-state index contributed by atoms with van der Waals surface area (Å²) in [6.07, 6.45) is 0.704. The topological polar surface area (TPSA) is 49.4 Å². The largest absolute Gasteiger partial charge is 0.350 e. The van der Waals surface area contributed by atoms with Crippen LogP contribution in [0.25, 0.3) is 5.57 Å². The summed E-state index contributed by atoms with van der Waals surface area (Å²) in [5.74, 6) is -0.594. The van der Waals surface area contributed by atoms with Gasteiger partial charge in [0.25, 0.3) is 11.8 Å². The quantitative estimate of drug-likeness (QED) is 0.714. The molecule has 1 heterocycles. The van der Waals surface area contributed by atoms with Crippen molar-refractivity contribution in [3.63, 3.8) is 0 Å². The molecule has 128 valence electrons. The first kappa shape index (κ1) is 17.7. The number of benzene rings is 2. The third-order valence-electron chi connectivity index (χ3n) is 3.84. The zero-order valence-corrected chi connectivity index (χ0v) is 15.9. The van der Waals surface area contributed by atoms with E-state index in [1.807, 2.05) is 31.2 Å². The minimum absolute atomic E-state index is 0.285. The summed E-state index contributed by atoms with van der Waals surface area (Å²) >= 11 is 9.36. The molecule has 0 saturated heterocycles. The molecule has 0 unspecified atom stereocenters. The number of anilines is 1. The van der Waals surface area contributed by atoms with Gasteiger partial charge >= 0.3 is 0 Å². The van der Waals surface area contributed by atoms with E-state index >= 15 is 0 Å². The van der Waals surface area contributed by atoms with Crippen molar-refractivity contribution in [1.29, 1.82) is 0 Å². The summed E-state index contributed by atoms with van der Waals surface area (Å²) in [7, 11) is 0. The van der Waals surface area contributed by atoms with Gasteiger partial charge in [-0.05, 0) is 42.3 Å². The van der Waals surface area contributed by atoms with E-state index in [9.17, 15) is 9.59 Å². The third-order valence-corrected chi connectivity index (χ3v) is 4.59. The molecule has 25 heavy (non-hydrogen) atoms. The first-order valence-electron chi connectivity index (χ1n) is 7.90. The molecule has 2 aromatic rings. The highest BCUT2D eigenvalue weighted by Gasteiger charge is 2.38. The number of nitrogens with one attached hydrogen (secondary N) is 1. The number of hydrogen-bond acceptors (Lipinski definition) is 3. The van der Waals surface area contributed by atoms with Crippen LogP contribution in [-0.4, -0.2) is 23.3 Å². The van der Waals surface area contributed by atoms with Crippen LogP contribution in [0.5, 0.6) is 0 Å². The van der Waals surface area contributed by atoms with Gasteiger partial charge in [-0.25, -0.2) is 0 Å². The molecule has 0 atom stereocenters. The highest BCUT2D eigenvalue weighted by atomic mass is 79.9. The molecule has 0 saturated carbocycles. The zero-order chi connectivity index (χ0) is 18.0. The minimum Gasteiger partial charge on any atom is -0.350 e. The maximum absolute atomic E-state index is 12.8. The second-order valence-electron chi connectivity index (χ2n) is 5.65. The number of imide groups is 1. The maximum atomic E-state index is 12.8. The molecule has 0 radical (unpaired) electrons. The average Bonchev–Trinajstić information content (AvgIpc) is 2.81. The summed E-state index contributed by atoms with van der Waals surface area (Å²) in [5, 5.41) is 3.69. The molecule has 0 aliphatic carbocycles. The first-order valence-corrected chi connectivity index (χ1v) is 9.07. The molecular weight excluding hydrogens is 404 g/mol. The lowest BCUT2D eigenvalue weighted by atomic mass is 10.0.